The van der Waals surface area contributed by atoms with Crippen LogP contribution in [0.5, 0.6) is 5.75 Å². The second-order valence-electron chi connectivity index (χ2n) is 4.96. The zero-order chi connectivity index (χ0) is 17.0. The van der Waals surface area contributed by atoms with E-state index in [0.717, 1.165) is 5.56 Å². The van der Waals surface area contributed by atoms with Gasteiger partial charge >= 0.3 is 0 Å². The van der Waals surface area contributed by atoms with E-state index in [1.54, 1.807) is 25.1 Å². The van der Waals surface area contributed by atoms with Gasteiger partial charge in [-0.2, -0.15) is 0 Å². The monoisotopic (exact) mass is 334 g/mol. The number of nitrogens with one attached hydrogen (secondary N) is 1. The van der Waals surface area contributed by atoms with Crippen molar-refractivity contribution in [1.82, 2.24) is 0 Å². The summed E-state index contributed by atoms with van der Waals surface area (Å²) in [7, 11) is 0. The Kier molecular flexibility index (Phi) is 5.18. The van der Waals surface area contributed by atoms with Crippen molar-refractivity contribution in [2.45, 2.75) is 20.0 Å². The third-order valence-corrected chi connectivity index (χ3v) is 3.42. The van der Waals surface area contributed by atoms with Crippen molar-refractivity contribution in [2.75, 3.05) is 5.32 Å². The van der Waals surface area contributed by atoms with E-state index < -0.39 is 11.0 Å². The molecule has 6 nitrogen and oxygen atoms in total. The van der Waals surface area contributed by atoms with Gasteiger partial charge in [-0.3, -0.25) is 14.9 Å². The molecule has 0 aromatic heterocycles. The number of hydrogen-bond acceptors (Lipinski definition) is 4. The smallest absolute Gasteiger partial charge is 0.269 e. The molecular weight excluding hydrogens is 320 g/mol. The normalized spacial score (nSPS) is 11.6. The number of benzene rings is 2. The highest BCUT2D eigenvalue weighted by Crippen LogP contribution is 2.22. The number of hydrogen-bond donors (Lipinski definition) is 1. The minimum atomic E-state index is -0.769. The van der Waals surface area contributed by atoms with E-state index in [2.05, 4.69) is 5.32 Å². The molecule has 2 aromatic carbocycles. The SMILES string of the molecule is Cc1ccc(Cl)cc1NC(=O)C(C)Oc1ccc([N+](=O)[O-])cc1. The van der Waals surface area contributed by atoms with Gasteiger partial charge in [0.05, 0.1) is 4.92 Å². The lowest BCUT2D eigenvalue weighted by Gasteiger charge is -2.15. The zero-order valence-electron chi connectivity index (χ0n) is 12.6. The summed E-state index contributed by atoms with van der Waals surface area (Å²) in [6.07, 6.45) is -0.769. The van der Waals surface area contributed by atoms with Crippen LogP contribution >= 0.6 is 11.6 Å². The van der Waals surface area contributed by atoms with Crippen molar-refractivity contribution in [3.05, 3.63) is 63.2 Å². The third kappa shape index (κ3) is 4.43. The highest BCUT2D eigenvalue weighted by atomic mass is 35.5. The molecule has 23 heavy (non-hydrogen) atoms. The van der Waals surface area contributed by atoms with Gasteiger partial charge < -0.3 is 10.1 Å². The predicted octanol–water partition coefficient (Wildman–Crippen LogP) is 3.96. The summed E-state index contributed by atoms with van der Waals surface area (Å²) in [6.45, 7) is 3.45. The molecule has 1 unspecified atom stereocenters. The minimum absolute atomic E-state index is 0.0380. The molecule has 7 heteroatoms. The number of nitro benzene ring substituents is 1. The molecule has 0 aliphatic carbocycles. The summed E-state index contributed by atoms with van der Waals surface area (Å²) in [4.78, 5) is 22.3. The minimum Gasteiger partial charge on any atom is -0.481 e. The number of nitrogens with zero attached hydrogens (tertiary/aromatic N) is 1. The molecule has 0 saturated carbocycles. The van der Waals surface area contributed by atoms with Crippen molar-refractivity contribution in [1.29, 1.82) is 0 Å². The number of nitro groups is 1. The first kappa shape index (κ1) is 16.8. The molecule has 0 bridgehead atoms. The van der Waals surface area contributed by atoms with Crippen LogP contribution < -0.4 is 10.1 Å². The van der Waals surface area contributed by atoms with Crippen molar-refractivity contribution >= 4 is 28.9 Å². The predicted molar refractivity (Wildman–Crippen MR) is 88.0 cm³/mol. The van der Waals surface area contributed by atoms with Crippen LogP contribution in [0.2, 0.25) is 5.02 Å². The number of rotatable bonds is 5. The Hall–Kier alpha value is -2.60. The second-order valence-corrected chi connectivity index (χ2v) is 5.40. The summed E-state index contributed by atoms with van der Waals surface area (Å²) in [5.74, 6) is 0.0368. The Balaban J connectivity index is 2.02. The number of halogens is 1. The van der Waals surface area contributed by atoms with Crippen LogP contribution in [0, 0.1) is 17.0 Å². The molecule has 2 aromatic rings. The Morgan fingerprint density at radius 1 is 1.26 bits per heavy atom. The molecule has 120 valence electrons. The van der Waals surface area contributed by atoms with Crippen molar-refractivity contribution in [3.63, 3.8) is 0 Å². The molecule has 0 aliphatic heterocycles. The lowest BCUT2D eigenvalue weighted by molar-refractivity contribution is -0.384. The summed E-state index contributed by atoms with van der Waals surface area (Å²) >= 11 is 5.91. The number of non-ortho nitro benzene ring substituents is 1. The summed E-state index contributed by atoms with van der Waals surface area (Å²) in [5, 5.41) is 13.9. The number of amides is 1. The van der Waals surface area contributed by atoms with E-state index >= 15 is 0 Å². The average Bonchev–Trinajstić information content (AvgIpc) is 2.51. The molecule has 1 N–H and O–H groups in total. The summed E-state index contributed by atoms with van der Waals surface area (Å²) < 4.78 is 5.49. The highest BCUT2D eigenvalue weighted by Gasteiger charge is 2.16. The molecule has 1 amide bonds. The van der Waals surface area contributed by atoms with Crippen molar-refractivity contribution in [2.24, 2.45) is 0 Å². The molecule has 0 heterocycles. The van der Waals surface area contributed by atoms with E-state index in [1.807, 2.05) is 6.92 Å². The molecule has 2 rings (SSSR count). The summed E-state index contributed by atoms with van der Waals surface area (Å²) in [6, 6.07) is 10.7. The van der Waals surface area contributed by atoms with Crippen molar-refractivity contribution in [3.8, 4) is 5.75 Å². The topological polar surface area (TPSA) is 81.5 Å². The first-order valence-electron chi connectivity index (χ1n) is 6.85. The van der Waals surface area contributed by atoms with Gasteiger partial charge in [0.2, 0.25) is 0 Å². The molecule has 0 radical (unpaired) electrons. The Bertz CT molecular complexity index is 731. The Morgan fingerprint density at radius 3 is 2.52 bits per heavy atom. The maximum Gasteiger partial charge on any atom is 0.269 e. The van der Waals surface area contributed by atoms with Crippen LogP contribution in [0.1, 0.15) is 12.5 Å². The number of anilines is 1. The van der Waals surface area contributed by atoms with Gasteiger partial charge in [-0.05, 0) is 43.7 Å². The first-order valence-corrected chi connectivity index (χ1v) is 7.23. The maximum absolute atomic E-state index is 12.2. The van der Waals surface area contributed by atoms with Gasteiger partial charge in [-0.25, -0.2) is 0 Å². The van der Waals surface area contributed by atoms with Gasteiger partial charge in [0.1, 0.15) is 5.75 Å². The van der Waals surface area contributed by atoms with Crippen LogP contribution in [-0.2, 0) is 4.79 Å². The van der Waals surface area contributed by atoms with Crippen LogP contribution in [-0.4, -0.2) is 16.9 Å². The molecule has 1 atom stereocenters. The largest absolute Gasteiger partial charge is 0.481 e. The zero-order valence-corrected chi connectivity index (χ0v) is 13.3. The lowest BCUT2D eigenvalue weighted by Crippen LogP contribution is -2.30. The fourth-order valence-corrected chi connectivity index (χ4v) is 2.04. The van der Waals surface area contributed by atoms with Gasteiger partial charge in [0.15, 0.2) is 6.10 Å². The lowest BCUT2D eigenvalue weighted by atomic mass is 10.2. The van der Waals surface area contributed by atoms with E-state index in [-0.39, 0.29) is 11.6 Å². The first-order chi connectivity index (χ1) is 10.9. The van der Waals surface area contributed by atoms with Gasteiger partial charge in [-0.1, -0.05) is 17.7 Å². The van der Waals surface area contributed by atoms with Gasteiger partial charge in [0.25, 0.3) is 11.6 Å². The van der Waals surface area contributed by atoms with E-state index in [0.29, 0.717) is 16.5 Å². The number of carbonyl (C=O) groups excluding carboxylic acids is 1. The molecule has 0 aliphatic rings. The third-order valence-electron chi connectivity index (χ3n) is 3.19. The van der Waals surface area contributed by atoms with Gasteiger partial charge in [-0.15, -0.1) is 0 Å². The van der Waals surface area contributed by atoms with Crippen LogP contribution in [0.4, 0.5) is 11.4 Å². The van der Waals surface area contributed by atoms with Crippen LogP contribution in [0.25, 0.3) is 0 Å². The second kappa shape index (κ2) is 7.11. The quantitative estimate of drug-likeness (QED) is 0.662. The van der Waals surface area contributed by atoms with Crippen molar-refractivity contribution < 1.29 is 14.5 Å². The standard InChI is InChI=1S/C16H15ClN2O4/c1-10-3-4-12(17)9-15(10)18-16(20)11(2)23-14-7-5-13(6-8-14)19(21)22/h3-9,11H,1-2H3,(H,18,20). The fraction of sp³-hybridized carbons (Fsp3) is 0.188. The van der Waals surface area contributed by atoms with E-state index in [9.17, 15) is 14.9 Å². The number of carbonyl (C=O) groups is 1. The molecule has 0 fully saturated rings. The Morgan fingerprint density at radius 2 is 1.91 bits per heavy atom. The van der Waals surface area contributed by atoms with E-state index in [1.165, 1.54) is 24.3 Å². The highest BCUT2D eigenvalue weighted by molar-refractivity contribution is 6.31. The number of ether oxygens (including phenoxy) is 1. The number of aryl methyl sites for hydroxylation is 1. The molecular formula is C16H15ClN2O4. The average molecular weight is 335 g/mol. The van der Waals surface area contributed by atoms with Crippen LogP contribution in [0.15, 0.2) is 42.5 Å². The molecule has 0 saturated heterocycles. The van der Waals surface area contributed by atoms with E-state index in [4.69, 9.17) is 16.3 Å². The Labute approximate surface area is 138 Å². The van der Waals surface area contributed by atoms with Gasteiger partial charge in [0, 0.05) is 22.8 Å². The maximum atomic E-state index is 12.2. The fourth-order valence-electron chi connectivity index (χ4n) is 1.87. The van der Waals surface area contributed by atoms with Crippen LogP contribution in [0.3, 0.4) is 0 Å². The summed E-state index contributed by atoms with van der Waals surface area (Å²) in [5.41, 5.74) is 1.45. The molecule has 0 spiro atoms.